The van der Waals surface area contributed by atoms with Crippen molar-refractivity contribution >= 4 is 0 Å². The first-order valence-corrected chi connectivity index (χ1v) is 5.48. The third-order valence-electron chi connectivity index (χ3n) is 2.17. The van der Waals surface area contributed by atoms with E-state index in [9.17, 15) is 0 Å². The number of hydrogen-bond donors (Lipinski definition) is 0. The molecule has 0 saturated carbocycles. The van der Waals surface area contributed by atoms with Gasteiger partial charge in [0.1, 0.15) is 0 Å². The highest BCUT2D eigenvalue weighted by molar-refractivity contribution is 5.26. The van der Waals surface area contributed by atoms with Crippen LogP contribution in [0.15, 0.2) is 48.3 Å². The maximum Gasteiger partial charge on any atom is 0.0633 e. The Kier molecular flexibility index (Phi) is 5.20. The number of aromatic nitrogens is 2. The number of aryl methyl sites for hydroxylation is 1. The summed E-state index contributed by atoms with van der Waals surface area (Å²) in [5, 5.41) is 0. The van der Waals surface area contributed by atoms with E-state index in [0.717, 1.165) is 17.8 Å². The summed E-state index contributed by atoms with van der Waals surface area (Å²) in [6, 6.07) is 0. The third kappa shape index (κ3) is 4.22. The van der Waals surface area contributed by atoms with Gasteiger partial charge < -0.3 is 0 Å². The summed E-state index contributed by atoms with van der Waals surface area (Å²) in [7, 11) is 0. The van der Waals surface area contributed by atoms with Crippen molar-refractivity contribution in [3.8, 4) is 0 Å². The Morgan fingerprint density at radius 1 is 1.25 bits per heavy atom. The van der Waals surface area contributed by atoms with Crippen LogP contribution in [-0.2, 0) is 6.42 Å². The van der Waals surface area contributed by atoms with Crippen molar-refractivity contribution < 1.29 is 0 Å². The average Bonchev–Trinajstić information content (AvgIpc) is 2.28. The largest absolute Gasteiger partial charge is 0.261 e. The maximum absolute atomic E-state index is 4.43. The zero-order valence-corrected chi connectivity index (χ0v) is 10.1. The molecule has 0 atom stereocenters. The van der Waals surface area contributed by atoms with Crippen LogP contribution in [0.1, 0.15) is 25.2 Å². The quantitative estimate of drug-likeness (QED) is 0.718. The minimum absolute atomic E-state index is 0.833. The Balaban J connectivity index is 2.71. The molecule has 0 saturated heterocycles. The molecule has 84 valence electrons. The monoisotopic (exact) mass is 214 g/mol. The van der Waals surface area contributed by atoms with Crippen molar-refractivity contribution in [2.24, 2.45) is 0 Å². The fourth-order valence-electron chi connectivity index (χ4n) is 1.36. The van der Waals surface area contributed by atoms with Crippen LogP contribution in [0, 0.1) is 6.92 Å². The molecular formula is C14H18N2. The van der Waals surface area contributed by atoms with E-state index >= 15 is 0 Å². The summed E-state index contributed by atoms with van der Waals surface area (Å²) >= 11 is 0. The second-order valence-electron chi connectivity index (χ2n) is 3.58. The van der Waals surface area contributed by atoms with E-state index in [-0.39, 0.29) is 0 Å². The van der Waals surface area contributed by atoms with Gasteiger partial charge in [0.05, 0.1) is 11.4 Å². The van der Waals surface area contributed by atoms with Gasteiger partial charge in [-0.3, -0.25) is 9.97 Å². The Hall–Kier alpha value is -1.70. The minimum atomic E-state index is 0.833. The molecule has 0 aliphatic carbocycles. The van der Waals surface area contributed by atoms with Gasteiger partial charge in [-0.1, -0.05) is 30.4 Å². The first kappa shape index (κ1) is 12.4. The maximum atomic E-state index is 4.43. The molecule has 0 spiro atoms. The van der Waals surface area contributed by atoms with E-state index < -0.39 is 0 Å². The molecule has 1 heterocycles. The summed E-state index contributed by atoms with van der Waals surface area (Å²) in [6.45, 7) is 6.01. The van der Waals surface area contributed by atoms with Gasteiger partial charge in [0.25, 0.3) is 0 Å². The van der Waals surface area contributed by atoms with Gasteiger partial charge in [-0.25, -0.2) is 0 Å². The highest BCUT2D eigenvalue weighted by Crippen LogP contribution is 2.07. The van der Waals surface area contributed by atoms with Crippen LogP contribution in [0.4, 0.5) is 0 Å². The Morgan fingerprint density at radius 3 is 2.69 bits per heavy atom. The number of allylic oxidation sites excluding steroid dienone is 6. The van der Waals surface area contributed by atoms with Gasteiger partial charge in [-0.05, 0) is 26.3 Å². The van der Waals surface area contributed by atoms with Crippen LogP contribution in [0.5, 0.6) is 0 Å². The van der Waals surface area contributed by atoms with Crippen molar-refractivity contribution in [1.29, 1.82) is 0 Å². The molecule has 0 aliphatic heterocycles. The molecule has 0 bridgehead atoms. The van der Waals surface area contributed by atoms with Crippen molar-refractivity contribution in [2.75, 3.05) is 0 Å². The summed E-state index contributed by atoms with van der Waals surface area (Å²) in [5.41, 5.74) is 3.22. The fourth-order valence-corrected chi connectivity index (χ4v) is 1.36. The molecule has 2 nitrogen and oxygen atoms in total. The number of nitrogens with zero attached hydrogens (tertiary/aromatic N) is 2. The lowest BCUT2D eigenvalue weighted by Crippen LogP contribution is -1.95. The predicted octanol–water partition coefficient (Wildman–Crippen LogP) is 3.41. The van der Waals surface area contributed by atoms with Crippen LogP contribution in [0.3, 0.4) is 0 Å². The Morgan fingerprint density at radius 2 is 2.06 bits per heavy atom. The van der Waals surface area contributed by atoms with Crippen LogP contribution in [-0.4, -0.2) is 9.97 Å². The zero-order chi connectivity index (χ0) is 11.8. The lowest BCUT2D eigenvalue weighted by Gasteiger charge is -2.01. The molecular weight excluding hydrogens is 196 g/mol. The van der Waals surface area contributed by atoms with Crippen LogP contribution in [0.2, 0.25) is 0 Å². The highest BCUT2D eigenvalue weighted by atomic mass is 14.8. The SMILES string of the molecule is C\C=C/C=C\C(=C/C)Cc1cncc(C)n1. The van der Waals surface area contributed by atoms with E-state index in [1.54, 1.807) is 6.20 Å². The summed E-state index contributed by atoms with van der Waals surface area (Å²) in [6.07, 6.45) is 14.7. The second-order valence-corrected chi connectivity index (χ2v) is 3.58. The van der Waals surface area contributed by atoms with Crippen LogP contribution >= 0.6 is 0 Å². The molecule has 0 radical (unpaired) electrons. The van der Waals surface area contributed by atoms with Crippen molar-refractivity contribution in [3.05, 3.63) is 59.7 Å². The normalized spacial score (nSPS) is 12.8. The lowest BCUT2D eigenvalue weighted by atomic mass is 10.1. The van der Waals surface area contributed by atoms with Gasteiger partial charge in [0.2, 0.25) is 0 Å². The highest BCUT2D eigenvalue weighted by Gasteiger charge is 1.97. The Bertz CT molecular complexity index is 414. The van der Waals surface area contributed by atoms with Crippen LogP contribution < -0.4 is 0 Å². The van der Waals surface area contributed by atoms with Crippen molar-refractivity contribution in [3.63, 3.8) is 0 Å². The molecule has 16 heavy (non-hydrogen) atoms. The van der Waals surface area contributed by atoms with E-state index in [0.29, 0.717) is 0 Å². The molecule has 1 aromatic heterocycles. The summed E-state index contributed by atoms with van der Waals surface area (Å²) in [5.74, 6) is 0. The van der Waals surface area contributed by atoms with Crippen molar-refractivity contribution in [2.45, 2.75) is 27.2 Å². The molecule has 0 aromatic carbocycles. The molecule has 1 rings (SSSR count). The standard InChI is InChI=1S/C14H18N2/c1-4-6-7-8-13(5-2)9-14-11-15-10-12(3)16-14/h4-8,10-11H,9H2,1-3H3/b6-4-,8-7-,13-5+. The molecule has 0 unspecified atom stereocenters. The van der Waals surface area contributed by atoms with Gasteiger partial charge in [-0.2, -0.15) is 0 Å². The molecule has 0 fully saturated rings. The topological polar surface area (TPSA) is 25.8 Å². The van der Waals surface area contributed by atoms with Gasteiger partial charge >= 0.3 is 0 Å². The van der Waals surface area contributed by atoms with E-state index in [4.69, 9.17) is 0 Å². The average molecular weight is 214 g/mol. The number of hydrogen-bond acceptors (Lipinski definition) is 2. The molecule has 0 aliphatic rings. The second kappa shape index (κ2) is 6.72. The predicted molar refractivity (Wildman–Crippen MR) is 68.2 cm³/mol. The van der Waals surface area contributed by atoms with Crippen molar-refractivity contribution in [1.82, 2.24) is 9.97 Å². The van der Waals surface area contributed by atoms with Crippen LogP contribution in [0.25, 0.3) is 0 Å². The molecule has 1 aromatic rings. The van der Waals surface area contributed by atoms with Gasteiger partial charge in [0, 0.05) is 18.8 Å². The van der Waals surface area contributed by atoms with E-state index in [2.05, 4.69) is 22.1 Å². The lowest BCUT2D eigenvalue weighted by molar-refractivity contribution is 0.990. The minimum Gasteiger partial charge on any atom is -0.261 e. The molecule has 0 amide bonds. The van der Waals surface area contributed by atoms with E-state index in [1.165, 1.54) is 5.57 Å². The van der Waals surface area contributed by atoms with Gasteiger partial charge in [0.15, 0.2) is 0 Å². The fraction of sp³-hybridized carbons (Fsp3) is 0.286. The Labute approximate surface area is 97.5 Å². The molecule has 0 N–H and O–H groups in total. The number of rotatable bonds is 4. The first-order valence-electron chi connectivity index (χ1n) is 5.48. The van der Waals surface area contributed by atoms with E-state index in [1.807, 2.05) is 45.2 Å². The summed E-state index contributed by atoms with van der Waals surface area (Å²) in [4.78, 5) is 8.57. The molecule has 2 heteroatoms. The third-order valence-corrected chi connectivity index (χ3v) is 2.17. The first-order chi connectivity index (χ1) is 7.76. The zero-order valence-electron chi connectivity index (χ0n) is 10.1. The summed E-state index contributed by atoms with van der Waals surface area (Å²) < 4.78 is 0. The van der Waals surface area contributed by atoms with Gasteiger partial charge in [-0.15, -0.1) is 0 Å². The smallest absolute Gasteiger partial charge is 0.0633 e.